The molecule has 0 radical (unpaired) electrons. The predicted octanol–water partition coefficient (Wildman–Crippen LogP) is 3.11. The molecule has 8 heteroatoms. The van der Waals surface area contributed by atoms with E-state index in [4.69, 9.17) is 9.05 Å². The summed E-state index contributed by atoms with van der Waals surface area (Å²) < 4.78 is 21.8. The molecule has 0 aromatic heterocycles. The van der Waals surface area contributed by atoms with Crippen LogP contribution < -0.4 is 5.32 Å². The molecular weight excluding hydrogens is 345 g/mol. The van der Waals surface area contributed by atoms with Gasteiger partial charge in [-0.15, -0.1) is 0 Å². The van der Waals surface area contributed by atoms with Crippen molar-refractivity contribution in [2.75, 3.05) is 19.8 Å². The van der Waals surface area contributed by atoms with Gasteiger partial charge in [0, 0.05) is 12.0 Å². The quantitative estimate of drug-likeness (QED) is 0.530. The van der Waals surface area contributed by atoms with Gasteiger partial charge in [0.05, 0.1) is 13.2 Å². The Morgan fingerprint density at radius 3 is 1.92 bits per heavy atom. The van der Waals surface area contributed by atoms with Gasteiger partial charge in [0.15, 0.2) is 0 Å². The van der Waals surface area contributed by atoms with Crippen molar-refractivity contribution in [1.82, 2.24) is 5.32 Å². The van der Waals surface area contributed by atoms with Gasteiger partial charge in [0.25, 0.3) is 0 Å². The Morgan fingerprint density at radius 2 is 1.48 bits per heavy atom. The number of phosphoric acid groups is 1. The Kier molecular flexibility index (Phi) is 8.79. The van der Waals surface area contributed by atoms with Crippen LogP contribution in [0.15, 0.2) is 0 Å². The van der Waals surface area contributed by atoms with Gasteiger partial charge in [-0.2, -0.15) is 0 Å². The van der Waals surface area contributed by atoms with Crippen LogP contribution >= 0.6 is 7.82 Å². The molecule has 0 saturated carbocycles. The Balaban J connectivity index is 4.53. The van der Waals surface area contributed by atoms with E-state index in [0.717, 1.165) is 6.42 Å². The molecule has 0 aliphatic heterocycles. The molecule has 25 heavy (non-hydrogen) atoms. The second kappa shape index (κ2) is 8.96. The van der Waals surface area contributed by atoms with Crippen LogP contribution in [0, 0.1) is 16.2 Å². The molecule has 0 aliphatic rings. The third-order valence-electron chi connectivity index (χ3n) is 3.42. The molecule has 0 aromatic rings. The molecule has 0 aliphatic carbocycles. The molecule has 2 atom stereocenters. The van der Waals surface area contributed by atoms with Gasteiger partial charge in [-0.25, -0.2) is 4.57 Å². The van der Waals surface area contributed by atoms with Gasteiger partial charge in [-0.3, -0.25) is 13.8 Å². The highest BCUT2D eigenvalue weighted by Gasteiger charge is 2.37. The minimum Gasteiger partial charge on any atom is -0.383 e. The molecule has 0 bridgehead atoms. The largest absolute Gasteiger partial charge is 0.472 e. The number of nitrogens with one attached hydrogen (secondary N) is 1. The van der Waals surface area contributed by atoms with Gasteiger partial charge < -0.3 is 15.3 Å². The van der Waals surface area contributed by atoms with E-state index in [2.05, 4.69) is 26.1 Å². The summed E-state index contributed by atoms with van der Waals surface area (Å²) in [5.74, 6) is -0.527. The molecule has 150 valence electrons. The summed E-state index contributed by atoms with van der Waals surface area (Å²) in [6.07, 6.45) is -0.593. The molecular formula is C17H36NO6P. The van der Waals surface area contributed by atoms with Gasteiger partial charge in [-0.05, 0) is 17.3 Å². The zero-order chi connectivity index (χ0) is 20.1. The predicted molar refractivity (Wildman–Crippen MR) is 98.1 cm³/mol. The van der Waals surface area contributed by atoms with Crippen LogP contribution in [-0.2, 0) is 18.4 Å². The van der Waals surface area contributed by atoms with E-state index in [0.29, 0.717) is 6.54 Å². The minimum atomic E-state index is -4.24. The number of carbonyl (C=O) groups excluding carboxylic acids is 1. The SMILES string of the molecule is CC(C)(C)CCNC(=O)C(O)C(C)(C)COP(=O)(O)OCC(C)(C)C. The van der Waals surface area contributed by atoms with Crippen molar-refractivity contribution >= 4 is 13.7 Å². The molecule has 1 amide bonds. The lowest BCUT2D eigenvalue weighted by molar-refractivity contribution is -0.137. The molecule has 2 unspecified atom stereocenters. The van der Waals surface area contributed by atoms with Crippen molar-refractivity contribution in [3.05, 3.63) is 0 Å². The third-order valence-corrected chi connectivity index (χ3v) is 4.33. The van der Waals surface area contributed by atoms with Crippen LogP contribution in [0.2, 0.25) is 0 Å². The summed E-state index contributed by atoms with van der Waals surface area (Å²) in [6.45, 7) is 15.2. The zero-order valence-electron chi connectivity index (χ0n) is 16.9. The second-order valence-electron chi connectivity index (χ2n) is 9.57. The summed E-state index contributed by atoms with van der Waals surface area (Å²) in [4.78, 5) is 21.8. The van der Waals surface area contributed by atoms with E-state index in [9.17, 15) is 19.4 Å². The first-order valence-corrected chi connectivity index (χ1v) is 10.0. The smallest absolute Gasteiger partial charge is 0.383 e. The Hall–Kier alpha value is -0.460. The molecule has 0 aromatic carbocycles. The monoisotopic (exact) mass is 381 g/mol. The standard InChI is InChI=1S/C17H36NO6P/c1-15(2,3)9-10-18-14(20)13(19)17(7,8)12-24-25(21,22)23-11-16(4,5)6/h13,19H,9-12H2,1-8H3,(H,18,20)(H,21,22). The highest BCUT2D eigenvalue weighted by molar-refractivity contribution is 7.47. The molecule has 0 spiro atoms. The van der Waals surface area contributed by atoms with E-state index in [-0.39, 0.29) is 24.0 Å². The van der Waals surface area contributed by atoms with Crippen LogP contribution in [-0.4, -0.2) is 41.8 Å². The van der Waals surface area contributed by atoms with E-state index in [1.54, 1.807) is 13.8 Å². The number of rotatable bonds is 9. The lowest BCUT2D eigenvalue weighted by atomic mass is 9.87. The zero-order valence-corrected chi connectivity index (χ0v) is 17.8. The molecule has 0 fully saturated rings. The molecule has 0 heterocycles. The number of hydrogen-bond acceptors (Lipinski definition) is 5. The maximum absolute atomic E-state index is 12.1. The van der Waals surface area contributed by atoms with Gasteiger partial charge >= 0.3 is 7.82 Å². The van der Waals surface area contributed by atoms with Crippen molar-refractivity contribution in [3.63, 3.8) is 0 Å². The number of hydrogen-bond donors (Lipinski definition) is 3. The van der Waals surface area contributed by atoms with Crippen molar-refractivity contribution < 1.29 is 28.4 Å². The average molecular weight is 381 g/mol. The number of aliphatic hydroxyl groups is 1. The molecule has 3 N–H and O–H groups in total. The number of carbonyl (C=O) groups is 1. The van der Waals surface area contributed by atoms with Crippen LogP contribution in [0.25, 0.3) is 0 Å². The van der Waals surface area contributed by atoms with Crippen molar-refractivity contribution in [1.29, 1.82) is 0 Å². The van der Waals surface area contributed by atoms with Gasteiger partial charge in [-0.1, -0.05) is 55.4 Å². The molecule has 0 saturated heterocycles. The first kappa shape index (κ1) is 24.5. The van der Waals surface area contributed by atoms with Crippen LogP contribution in [0.1, 0.15) is 61.8 Å². The number of aliphatic hydroxyl groups excluding tert-OH is 1. The summed E-state index contributed by atoms with van der Waals surface area (Å²) in [7, 11) is -4.24. The van der Waals surface area contributed by atoms with Gasteiger partial charge in [0.2, 0.25) is 5.91 Å². The molecule has 7 nitrogen and oxygen atoms in total. The highest BCUT2D eigenvalue weighted by Crippen LogP contribution is 2.46. The fourth-order valence-electron chi connectivity index (χ4n) is 1.65. The Bertz CT molecular complexity index is 479. The van der Waals surface area contributed by atoms with Crippen LogP contribution in [0.3, 0.4) is 0 Å². The van der Waals surface area contributed by atoms with E-state index in [1.807, 2.05) is 20.8 Å². The summed E-state index contributed by atoms with van der Waals surface area (Å²) in [5, 5.41) is 12.9. The lowest BCUT2D eigenvalue weighted by Crippen LogP contribution is -2.46. The number of amides is 1. The lowest BCUT2D eigenvalue weighted by Gasteiger charge is -2.30. The summed E-state index contributed by atoms with van der Waals surface area (Å²) >= 11 is 0. The van der Waals surface area contributed by atoms with Crippen molar-refractivity contribution in [3.8, 4) is 0 Å². The summed E-state index contributed by atoms with van der Waals surface area (Å²) in [5.41, 5.74) is -1.26. The third kappa shape index (κ3) is 11.7. The first-order chi connectivity index (χ1) is 11.0. The highest BCUT2D eigenvalue weighted by atomic mass is 31.2. The van der Waals surface area contributed by atoms with Crippen molar-refractivity contribution in [2.24, 2.45) is 16.2 Å². The number of phosphoric ester groups is 1. The molecule has 0 rings (SSSR count). The average Bonchev–Trinajstić information content (AvgIpc) is 2.40. The Labute approximate surface area is 152 Å². The van der Waals surface area contributed by atoms with E-state index in [1.165, 1.54) is 0 Å². The minimum absolute atomic E-state index is 0.0526. The maximum atomic E-state index is 12.1. The van der Waals surface area contributed by atoms with E-state index < -0.39 is 25.2 Å². The van der Waals surface area contributed by atoms with Gasteiger partial charge in [0.1, 0.15) is 6.10 Å². The normalized spacial score (nSPS) is 17.0. The fraction of sp³-hybridized carbons (Fsp3) is 0.941. The van der Waals surface area contributed by atoms with Crippen LogP contribution in [0.5, 0.6) is 0 Å². The Morgan fingerprint density at radius 1 is 1.00 bits per heavy atom. The van der Waals surface area contributed by atoms with Crippen molar-refractivity contribution in [2.45, 2.75) is 67.9 Å². The van der Waals surface area contributed by atoms with E-state index >= 15 is 0 Å². The fourth-order valence-corrected chi connectivity index (χ4v) is 2.77. The second-order valence-corrected chi connectivity index (χ2v) is 11.0. The van der Waals surface area contributed by atoms with Crippen LogP contribution in [0.4, 0.5) is 0 Å². The summed E-state index contributed by atoms with van der Waals surface area (Å²) in [6, 6.07) is 0. The first-order valence-electron chi connectivity index (χ1n) is 8.53. The maximum Gasteiger partial charge on any atom is 0.472 e. The topological polar surface area (TPSA) is 105 Å².